The number of nitrogens with one attached hydrogen (secondary N) is 1. The molecule has 4 atom stereocenters. The molecule has 3 saturated carbocycles. The number of likely N-dealkylation sites (tertiary alicyclic amines) is 1. The van der Waals surface area contributed by atoms with Crippen LogP contribution < -0.4 is 11.1 Å². The minimum atomic E-state index is -4.86. The number of pyridine rings is 1. The Morgan fingerprint density at radius 2 is 1.91 bits per heavy atom. The van der Waals surface area contributed by atoms with Crippen LogP contribution in [0.3, 0.4) is 0 Å². The summed E-state index contributed by atoms with van der Waals surface area (Å²) in [6.45, 7) is 8.72. The van der Waals surface area contributed by atoms with Crippen molar-refractivity contribution in [3.05, 3.63) is 28.9 Å². The summed E-state index contributed by atoms with van der Waals surface area (Å²) in [5, 5.41) is 14.1. The summed E-state index contributed by atoms with van der Waals surface area (Å²) in [4.78, 5) is 38.1. The molecule has 236 valence electrons. The topological polar surface area (TPSA) is 138 Å². The quantitative estimate of drug-likeness (QED) is 0.326. The largest absolute Gasteiger partial charge is 0.470 e. The minimum absolute atomic E-state index is 0.0931. The van der Waals surface area contributed by atoms with Crippen molar-refractivity contribution in [3.63, 3.8) is 0 Å². The molecule has 1 saturated heterocycles. The van der Waals surface area contributed by atoms with E-state index in [0.717, 1.165) is 46.5 Å². The van der Waals surface area contributed by atoms with Crippen LogP contribution in [-0.2, 0) is 19.1 Å². The van der Waals surface area contributed by atoms with Crippen molar-refractivity contribution in [2.24, 2.45) is 28.9 Å². The molecule has 4 aliphatic rings. The highest BCUT2D eigenvalue weighted by atomic mass is 32.1. The average Bonchev–Trinajstić information content (AvgIpc) is 3.92. The average molecular weight is 632 g/mol. The Labute approximate surface area is 258 Å². The molecule has 0 aromatic carbocycles. The molecule has 44 heavy (non-hydrogen) atoms. The highest BCUT2D eigenvalue weighted by Gasteiger charge is 2.62. The van der Waals surface area contributed by atoms with Gasteiger partial charge in [-0.05, 0) is 55.8 Å². The SMILES string of the molecule is C#Cc1csc2cncc(C(C#N)NC=O)c12.C[C@H](CC(=O)N1CC2C(C1)C2(C)C)OC1(C2CC2)CC1.NC(=O)C(F)(F)F. The summed E-state index contributed by atoms with van der Waals surface area (Å²) in [6.07, 6.45) is 10.1. The van der Waals surface area contributed by atoms with E-state index in [2.05, 4.69) is 47.6 Å². The number of terminal acetylenes is 1. The molecule has 3 unspecified atom stereocenters. The van der Waals surface area contributed by atoms with Gasteiger partial charge in [-0.1, -0.05) is 19.8 Å². The number of fused-ring (bicyclic) bond motifs is 2. The van der Waals surface area contributed by atoms with Gasteiger partial charge in [0.25, 0.3) is 0 Å². The molecule has 0 bridgehead atoms. The van der Waals surface area contributed by atoms with E-state index in [1.165, 1.54) is 37.0 Å². The number of carbonyl (C=O) groups excluding carboxylic acids is 3. The predicted octanol–water partition coefficient (Wildman–Crippen LogP) is 4.46. The first-order valence-electron chi connectivity index (χ1n) is 14.4. The molecule has 0 radical (unpaired) electrons. The van der Waals surface area contributed by atoms with Gasteiger partial charge in [-0.3, -0.25) is 19.4 Å². The second kappa shape index (κ2) is 12.7. The lowest BCUT2D eigenvalue weighted by Crippen LogP contribution is -2.36. The number of alkyl halides is 3. The van der Waals surface area contributed by atoms with Gasteiger partial charge in [0.15, 0.2) is 0 Å². The minimum Gasteiger partial charge on any atom is -0.371 e. The summed E-state index contributed by atoms with van der Waals surface area (Å²) in [6, 6.07) is 1.28. The van der Waals surface area contributed by atoms with Crippen LogP contribution in [0.25, 0.3) is 10.1 Å². The fraction of sp³-hybridized carbons (Fsp3) is 0.581. The van der Waals surface area contributed by atoms with Crippen molar-refractivity contribution in [2.75, 3.05) is 13.1 Å². The van der Waals surface area contributed by atoms with Gasteiger partial charge in [-0.25, -0.2) is 0 Å². The maximum absolute atomic E-state index is 12.4. The summed E-state index contributed by atoms with van der Waals surface area (Å²) >= 11 is 1.47. The van der Waals surface area contributed by atoms with Crippen molar-refractivity contribution in [1.82, 2.24) is 15.2 Å². The number of primary amides is 1. The van der Waals surface area contributed by atoms with Gasteiger partial charge in [0.2, 0.25) is 12.3 Å². The number of nitrogens with zero attached hydrogens (tertiary/aromatic N) is 3. The first-order valence-corrected chi connectivity index (χ1v) is 15.3. The van der Waals surface area contributed by atoms with E-state index in [4.69, 9.17) is 21.2 Å². The highest BCUT2D eigenvalue weighted by Crippen LogP contribution is 2.62. The normalized spacial score (nSPS) is 23.2. The molecule has 3 heterocycles. The predicted molar refractivity (Wildman–Crippen MR) is 158 cm³/mol. The van der Waals surface area contributed by atoms with Gasteiger partial charge in [-0.2, -0.15) is 18.4 Å². The van der Waals surface area contributed by atoms with Gasteiger partial charge in [-0.15, -0.1) is 17.8 Å². The lowest BCUT2D eigenvalue weighted by atomic mass is 10.0. The number of rotatable bonds is 8. The number of nitrogens with two attached hydrogens (primary N) is 1. The van der Waals surface area contributed by atoms with Crippen molar-refractivity contribution >= 4 is 39.6 Å². The lowest BCUT2D eigenvalue weighted by molar-refractivity contribution is -0.169. The van der Waals surface area contributed by atoms with Crippen molar-refractivity contribution < 1.29 is 32.3 Å². The summed E-state index contributed by atoms with van der Waals surface area (Å²) in [5.74, 6) is 2.94. The van der Waals surface area contributed by atoms with Crippen LogP contribution in [-0.4, -0.2) is 59.1 Å². The van der Waals surface area contributed by atoms with E-state index in [-0.39, 0.29) is 11.7 Å². The molecular formula is C31H36F3N5O4S. The second-order valence-corrected chi connectivity index (χ2v) is 13.3. The van der Waals surface area contributed by atoms with Crippen LogP contribution in [0.15, 0.2) is 17.8 Å². The van der Waals surface area contributed by atoms with Crippen molar-refractivity contribution in [3.8, 4) is 18.4 Å². The number of piperidine rings is 1. The van der Waals surface area contributed by atoms with Gasteiger partial charge in [0.1, 0.15) is 6.04 Å². The third kappa shape index (κ3) is 7.33. The molecule has 2 aromatic rings. The van der Waals surface area contributed by atoms with E-state index >= 15 is 0 Å². The van der Waals surface area contributed by atoms with Crippen LogP contribution in [0.4, 0.5) is 13.2 Å². The lowest BCUT2D eigenvalue weighted by Gasteiger charge is -2.26. The molecule has 3 amide bonds. The number of nitriles is 1. The Morgan fingerprint density at radius 1 is 1.30 bits per heavy atom. The van der Waals surface area contributed by atoms with Gasteiger partial charge < -0.3 is 20.7 Å². The third-order valence-corrected chi connectivity index (χ3v) is 9.98. The van der Waals surface area contributed by atoms with E-state index < -0.39 is 18.1 Å². The van der Waals surface area contributed by atoms with Gasteiger partial charge in [0, 0.05) is 47.4 Å². The zero-order valence-electron chi connectivity index (χ0n) is 24.8. The molecule has 6 rings (SSSR count). The maximum atomic E-state index is 12.4. The van der Waals surface area contributed by atoms with Crippen molar-refractivity contribution in [2.45, 2.75) is 76.8 Å². The molecule has 3 aliphatic carbocycles. The van der Waals surface area contributed by atoms with Gasteiger partial charge >= 0.3 is 12.1 Å². The van der Waals surface area contributed by atoms with Crippen molar-refractivity contribution in [1.29, 1.82) is 5.26 Å². The van der Waals surface area contributed by atoms with Crippen LogP contribution in [0, 0.1) is 46.8 Å². The first kappa shape index (κ1) is 33.2. The van der Waals surface area contributed by atoms with E-state index in [1.807, 2.05) is 11.4 Å². The van der Waals surface area contributed by atoms with E-state index in [1.54, 1.807) is 12.4 Å². The number of amides is 3. The molecule has 4 fully saturated rings. The number of carbonyl (C=O) groups is 3. The molecule has 13 heteroatoms. The van der Waals surface area contributed by atoms with E-state index in [0.29, 0.717) is 29.7 Å². The number of hydrogen-bond donors (Lipinski definition) is 2. The number of hydrogen-bond acceptors (Lipinski definition) is 7. The Balaban J connectivity index is 0.000000168. The summed E-state index contributed by atoms with van der Waals surface area (Å²) < 4.78 is 39.3. The second-order valence-electron chi connectivity index (χ2n) is 12.4. The zero-order valence-corrected chi connectivity index (χ0v) is 25.6. The first-order chi connectivity index (χ1) is 20.7. The fourth-order valence-electron chi connectivity index (χ4n) is 6.11. The number of thiophene rings is 1. The summed E-state index contributed by atoms with van der Waals surface area (Å²) in [5.41, 5.74) is 5.83. The smallest absolute Gasteiger partial charge is 0.371 e. The monoisotopic (exact) mass is 631 g/mol. The standard InChI is InChI=1S/C17H27NO2.C12H7N3OS.C2H2F3NO/c1-11(20-17(6-7-17)12-4-5-12)8-15(19)18-9-13-14(10-18)16(13,2)3;1-2-8-6-17-11-5-14-4-9(12(8)11)10(3-13)15-7-16;3-2(4,5)1(6)7/h11-14H,4-10H2,1-3H3;1,4-7,10H,(H,15,16);(H2,6,7)/t11-,13?,14?;;/m1../s1. The van der Waals surface area contributed by atoms with Crippen LogP contribution in [0.1, 0.15) is 70.0 Å². The number of halogens is 3. The highest BCUT2D eigenvalue weighted by molar-refractivity contribution is 7.17. The Morgan fingerprint density at radius 3 is 2.39 bits per heavy atom. The fourth-order valence-corrected chi connectivity index (χ4v) is 7.01. The molecular weight excluding hydrogens is 595 g/mol. The molecule has 2 aromatic heterocycles. The van der Waals surface area contributed by atoms with Crippen LogP contribution in [0.5, 0.6) is 0 Å². The van der Waals surface area contributed by atoms with E-state index in [9.17, 15) is 22.8 Å². The number of ether oxygens (including phenoxy) is 1. The van der Waals surface area contributed by atoms with Gasteiger partial charge in [0.05, 0.1) is 28.9 Å². The molecule has 0 spiro atoms. The molecule has 3 N–H and O–H groups in total. The molecule has 1 aliphatic heterocycles. The van der Waals surface area contributed by atoms with Crippen LogP contribution >= 0.6 is 11.3 Å². The molecule has 9 nitrogen and oxygen atoms in total. The third-order valence-electron chi connectivity index (χ3n) is 9.06. The van der Waals surface area contributed by atoms with Crippen LogP contribution in [0.2, 0.25) is 0 Å². The zero-order chi connectivity index (χ0) is 32.4. The Hall–Kier alpha value is -3.68. The maximum Gasteiger partial charge on any atom is 0.470 e. The summed E-state index contributed by atoms with van der Waals surface area (Å²) in [7, 11) is 0. The Kier molecular flexibility index (Phi) is 9.62. The Bertz CT molecular complexity index is 1470. The number of aromatic nitrogens is 1.